The number of nitrogens with one attached hydrogen (secondary N) is 2. The van der Waals surface area contributed by atoms with Crippen molar-refractivity contribution in [3.63, 3.8) is 0 Å². The molecule has 0 amide bonds. The molecule has 2 heterocycles. The van der Waals surface area contributed by atoms with Crippen molar-refractivity contribution in [3.05, 3.63) is 33.1 Å². The molecule has 3 N–H and O–H groups in total. The quantitative estimate of drug-likeness (QED) is 0.339. The Morgan fingerprint density at radius 3 is 2.65 bits per heavy atom. The van der Waals surface area contributed by atoms with E-state index in [2.05, 4.69) is 5.09 Å². The third-order valence-electron chi connectivity index (χ3n) is 4.53. The van der Waals surface area contributed by atoms with Gasteiger partial charge in [0, 0.05) is 19.4 Å². The van der Waals surface area contributed by atoms with E-state index in [0.29, 0.717) is 0 Å². The summed E-state index contributed by atoms with van der Waals surface area (Å²) < 4.78 is 49.2. The van der Waals surface area contributed by atoms with E-state index in [1.807, 2.05) is 4.98 Å². The molecule has 0 saturated carbocycles. The van der Waals surface area contributed by atoms with E-state index >= 15 is 4.39 Å². The van der Waals surface area contributed by atoms with Gasteiger partial charge in [-0.15, -0.1) is 0 Å². The van der Waals surface area contributed by atoms with Crippen LogP contribution < -0.4 is 16.3 Å². The van der Waals surface area contributed by atoms with Crippen molar-refractivity contribution in [2.75, 3.05) is 13.7 Å². The van der Waals surface area contributed by atoms with Gasteiger partial charge in [0.25, 0.3) is 5.56 Å². The lowest BCUT2D eigenvalue weighted by molar-refractivity contribution is -0.149. The number of aromatic nitrogens is 2. The van der Waals surface area contributed by atoms with Crippen molar-refractivity contribution in [1.82, 2.24) is 14.6 Å². The van der Waals surface area contributed by atoms with Gasteiger partial charge < -0.3 is 19.1 Å². The Bertz CT molecular complexity index is 947. The Morgan fingerprint density at radius 1 is 1.45 bits per heavy atom. The van der Waals surface area contributed by atoms with Crippen LogP contribution in [0.3, 0.4) is 0 Å². The molecule has 0 aromatic carbocycles. The number of hydrogen-bond donors (Lipinski definition) is 3. The van der Waals surface area contributed by atoms with Crippen molar-refractivity contribution in [3.8, 4) is 0 Å². The average Bonchev–Trinajstić information content (AvgIpc) is 2.89. The summed E-state index contributed by atoms with van der Waals surface area (Å²) in [5, 5.41) is 12.7. The van der Waals surface area contributed by atoms with E-state index in [0.717, 1.165) is 30.9 Å². The monoisotopic (exact) mass is 467 g/mol. The van der Waals surface area contributed by atoms with Crippen molar-refractivity contribution in [2.45, 2.75) is 63.9 Å². The molecule has 0 bridgehead atoms. The molecule has 31 heavy (non-hydrogen) atoms. The van der Waals surface area contributed by atoms with Gasteiger partial charge in [-0.1, -0.05) is 0 Å². The lowest BCUT2D eigenvalue weighted by Gasteiger charge is -2.25. The van der Waals surface area contributed by atoms with E-state index in [1.54, 1.807) is 13.8 Å². The number of hydrogen-bond acceptors (Lipinski definition) is 9. The molecule has 0 radical (unpaired) electrons. The summed E-state index contributed by atoms with van der Waals surface area (Å²) >= 11 is 0. The summed E-state index contributed by atoms with van der Waals surface area (Å²) in [4.78, 5) is 37.1. The molecule has 1 fully saturated rings. The summed E-state index contributed by atoms with van der Waals surface area (Å²) in [5.41, 5.74) is -4.07. The summed E-state index contributed by atoms with van der Waals surface area (Å²) in [6, 6.07) is -0.0564. The second kappa shape index (κ2) is 9.72. The molecular weight excluding hydrogens is 440 g/mol. The second-order valence-electron chi connectivity index (χ2n) is 7.45. The minimum atomic E-state index is -4.06. The van der Waals surface area contributed by atoms with Gasteiger partial charge in [-0.05, 0) is 27.7 Å². The molecule has 6 atom stereocenters. The Kier molecular flexibility index (Phi) is 7.95. The number of rotatable bonds is 9. The zero-order valence-electron chi connectivity index (χ0n) is 17.7. The molecule has 14 heteroatoms. The van der Waals surface area contributed by atoms with Crippen molar-refractivity contribution in [2.24, 2.45) is 0 Å². The summed E-state index contributed by atoms with van der Waals surface area (Å²) in [6.45, 7) is 5.09. The zero-order chi connectivity index (χ0) is 23.6. The van der Waals surface area contributed by atoms with Crippen molar-refractivity contribution < 1.29 is 37.4 Å². The number of aliphatic hydroxyl groups is 1. The number of halogens is 1. The Morgan fingerprint density at radius 2 is 2.10 bits per heavy atom. The van der Waals surface area contributed by atoms with Crippen LogP contribution in [0.1, 0.15) is 33.9 Å². The predicted octanol–water partition coefficient (Wildman–Crippen LogP) is 0.224. The van der Waals surface area contributed by atoms with Gasteiger partial charge in [0.05, 0.1) is 12.7 Å². The van der Waals surface area contributed by atoms with Gasteiger partial charge in [0.1, 0.15) is 18.2 Å². The fourth-order valence-electron chi connectivity index (χ4n) is 2.90. The van der Waals surface area contributed by atoms with Gasteiger partial charge in [0.2, 0.25) is 0 Å². The Labute approximate surface area is 177 Å². The standard InChI is InChI=1S/C17H27FN3O9P/c1-9(2)29-14(24)10(3)20-31(26,27-5)28-8-11-13(23)17(4,18)15(30-11)21-7-6-12(22)19-16(21)25/h6-7,9-11,13,15,23H,8H2,1-5H3,(H,20,26)(H,19,22,25)/t10-,11-,13+,15+,17+,31?/m0/s1. The molecule has 176 valence electrons. The third kappa shape index (κ3) is 5.88. The largest absolute Gasteiger partial charge is 0.462 e. The number of alkyl halides is 1. The summed E-state index contributed by atoms with van der Waals surface area (Å²) in [6.07, 6.45) is -4.07. The van der Waals surface area contributed by atoms with E-state index in [1.165, 1.54) is 6.92 Å². The van der Waals surface area contributed by atoms with Crippen LogP contribution in [0.4, 0.5) is 4.39 Å². The molecule has 1 aliphatic rings. The second-order valence-corrected chi connectivity index (χ2v) is 9.33. The first-order valence-corrected chi connectivity index (χ1v) is 11.0. The number of carbonyl (C=O) groups excluding carboxylic acids is 1. The average molecular weight is 467 g/mol. The predicted molar refractivity (Wildman–Crippen MR) is 105 cm³/mol. The first kappa shape index (κ1) is 25.4. The lowest BCUT2D eigenvalue weighted by Crippen LogP contribution is -2.43. The zero-order valence-corrected chi connectivity index (χ0v) is 18.6. The summed E-state index contributed by atoms with van der Waals surface area (Å²) in [5.74, 6) is -0.693. The van der Waals surface area contributed by atoms with Crippen LogP contribution in [-0.2, 0) is 27.9 Å². The van der Waals surface area contributed by atoms with Crippen LogP contribution in [0.5, 0.6) is 0 Å². The number of carbonyl (C=O) groups is 1. The molecule has 2 rings (SSSR count). The van der Waals surface area contributed by atoms with E-state index in [-0.39, 0.29) is 0 Å². The Balaban J connectivity index is 2.11. The minimum absolute atomic E-state index is 0.392. The smallest absolute Gasteiger partial charge is 0.406 e. The van der Waals surface area contributed by atoms with Crippen LogP contribution >= 0.6 is 7.75 Å². The van der Waals surface area contributed by atoms with Gasteiger partial charge >= 0.3 is 19.4 Å². The molecule has 1 unspecified atom stereocenters. The normalized spacial score (nSPS) is 29.0. The van der Waals surface area contributed by atoms with Crippen LogP contribution in [0, 0.1) is 0 Å². The van der Waals surface area contributed by atoms with Crippen LogP contribution in [0.15, 0.2) is 21.9 Å². The van der Waals surface area contributed by atoms with Gasteiger partial charge in [-0.3, -0.25) is 23.7 Å². The number of aliphatic hydroxyl groups excluding tert-OH is 1. The Hall–Kier alpha value is -1.89. The maximum Gasteiger partial charge on any atom is 0.406 e. The first-order valence-electron chi connectivity index (χ1n) is 9.43. The molecule has 0 aliphatic carbocycles. The SMILES string of the molecule is COP(=O)(N[C@@H](C)C(=O)OC(C)C)OC[C@@H]1O[C@@H](n2ccc(=O)[nH]c2=O)[C@](C)(F)[C@@H]1O. The number of nitrogens with zero attached hydrogens (tertiary/aromatic N) is 1. The van der Waals surface area contributed by atoms with Crippen LogP contribution in [0.2, 0.25) is 0 Å². The molecule has 0 spiro atoms. The van der Waals surface area contributed by atoms with Crippen LogP contribution in [0.25, 0.3) is 0 Å². The van der Waals surface area contributed by atoms with Crippen molar-refractivity contribution >= 4 is 13.7 Å². The fourth-order valence-corrected chi connectivity index (χ4v) is 4.11. The van der Waals surface area contributed by atoms with E-state index in [9.17, 15) is 24.1 Å². The van der Waals surface area contributed by atoms with Crippen molar-refractivity contribution in [1.29, 1.82) is 0 Å². The highest BCUT2D eigenvalue weighted by molar-refractivity contribution is 7.51. The highest BCUT2D eigenvalue weighted by atomic mass is 31.2. The van der Waals surface area contributed by atoms with Gasteiger partial charge in [-0.25, -0.2) is 18.8 Å². The molecule has 1 saturated heterocycles. The molecular formula is C17H27FN3O9P. The van der Waals surface area contributed by atoms with E-state index < -0.39 is 67.8 Å². The summed E-state index contributed by atoms with van der Waals surface area (Å²) in [7, 11) is -2.99. The number of esters is 1. The van der Waals surface area contributed by atoms with Crippen LogP contribution in [-0.4, -0.2) is 64.4 Å². The molecule has 1 aromatic rings. The first-order chi connectivity index (χ1) is 14.3. The highest BCUT2D eigenvalue weighted by Gasteiger charge is 2.55. The lowest BCUT2D eigenvalue weighted by atomic mass is 9.98. The molecule has 1 aliphatic heterocycles. The third-order valence-corrected chi connectivity index (χ3v) is 6.20. The van der Waals surface area contributed by atoms with E-state index in [4.69, 9.17) is 18.5 Å². The number of H-pyrrole nitrogens is 1. The fraction of sp³-hybridized carbons (Fsp3) is 0.706. The maximum absolute atomic E-state index is 15.2. The molecule has 1 aromatic heterocycles. The highest BCUT2D eigenvalue weighted by Crippen LogP contribution is 2.46. The number of aromatic amines is 1. The maximum atomic E-state index is 15.2. The number of ether oxygens (including phenoxy) is 2. The van der Waals surface area contributed by atoms with Gasteiger partial charge in [0.15, 0.2) is 11.9 Å². The van der Waals surface area contributed by atoms with Gasteiger partial charge in [-0.2, -0.15) is 0 Å². The topological polar surface area (TPSA) is 158 Å². The minimum Gasteiger partial charge on any atom is -0.462 e. The molecule has 12 nitrogen and oxygen atoms in total.